The van der Waals surface area contributed by atoms with Gasteiger partial charge in [0.2, 0.25) is 0 Å². The van der Waals surface area contributed by atoms with Gasteiger partial charge in [0.05, 0.1) is 24.6 Å². The maximum Gasteiger partial charge on any atom is 0.332 e. The van der Waals surface area contributed by atoms with Gasteiger partial charge in [-0.25, -0.2) is 4.79 Å². The number of ether oxygens (including phenoxy) is 1. The van der Waals surface area contributed by atoms with Crippen molar-refractivity contribution in [2.24, 2.45) is 4.99 Å². The highest BCUT2D eigenvalue weighted by atomic mass is 16.5. The normalized spacial score (nSPS) is 15.5. The summed E-state index contributed by atoms with van der Waals surface area (Å²) in [5.41, 5.74) is 4.89. The van der Waals surface area contributed by atoms with E-state index in [-0.39, 0.29) is 5.97 Å². The summed E-state index contributed by atoms with van der Waals surface area (Å²) >= 11 is 0. The smallest absolute Gasteiger partial charge is 0.332 e. The largest absolute Gasteiger partial charge is 0.463 e. The van der Waals surface area contributed by atoms with Crippen molar-refractivity contribution >= 4 is 17.4 Å². The van der Waals surface area contributed by atoms with Crippen molar-refractivity contribution in [3.63, 3.8) is 0 Å². The third-order valence-corrected chi connectivity index (χ3v) is 3.97. The number of hydrogen-bond donors (Lipinski definition) is 0. The lowest BCUT2D eigenvalue weighted by atomic mass is 10.0. The highest BCUT2D eigenvalue weighted by molar-refractivity contribution is 6.16. The molecule has 0 bridgehead atoms. The molecule has 0 N–H and O–H groups in total. The molecule has 0 spiro atoms. The molecule has 0 aromatic heterocycles. The number of rotatable bonds is 3. The Bertz CT molecular complexity index is 794. The lowest BCUT2D eigenvalue weighted by molar-refractivity contribution is -0.137. The Morgan fingerprint density at radius 1 is 1.17 bits per heavy atom. The van der Waals surface area contributed by atoms with E-state index in [0.29, 0.717) is 13.2 Å². The van der Waals surface area contributed by atoms with Crippen LogP contribution in [0.2, 0.25) is 0 Å². The number of nitrogens with zero attached hydrogens (tertiary/aromatic N) is 2. The van der Waals surface area contributed by atoms with Crippen LogP contribution >= 0.6 is 0 Å². The van der Waals surface area contributed by atoms with E-state index in [4.69, 9.17) is 9.73 Å². The molecule has 0 fully saturated rings. The maximum absolute atomic E-state index is 11.9. The average molecular weight is 320 g/mol. The van der Waals surface area contributed by atoms with Crippen LogP contribution in [0.1, 0.15) is 18.1 Å². The number of anilines is 1. The molecule has 0 saturated heterocycles. The summed E-state index contributed by atoms with van der Waals surface area (Å²) in [4.78, 5) is 18.6. The summed E-state index contributed by atoms with van der Waals surface area (Å²) < 4.78 is 5.04. The molecule has 1 aliphatic heterocycles. The van der Waals surface area contributed by atoms with Gasteiger partial charge in [0.25, 0.3) is 0 Å². The van der Waals surface area contributed by atoms with Crippen molar-refractivity contribution in [2.45, 2.75) is 6.92 Å². The van der Waals surface area contributed by atoms with Crippen molar-refractivity contribution in [2.75, 3.05) is 25.1 Å². The van der Waals surface area contributed by atoms with Crippen molar-refractivity contribution in [3.8, 4) is 0 Å². The van der Waals surface area contributed by atoms with Crippen LogP contribution in [0, 0.1) is 0 Å². The van der Waals surface area contributed by atoms with Crippen LogP contribution in [0.4, 0.5) is 5.69 Å². The summed E-state index contributed by atoms with van der Waals surface area (Å²) in [6, 6.07) is 18.2. The number of carbonyl (C=O) groups excluding carboxylic acids is 1. The molecule has 2 aromatic rings. The van der Waals surface area contributed by atoms with Crippen LogP contribution in [0.3, 0.4) is 0 Å². The topological polar surface area (TPSA) is 41.9 Å². The van der Waals surface area contributed by atoms with E-state index in [9.17, 15) is 4.79 Å². The number of likely N-dealkylation sites (N-methyl/N-ethyl adjacent to an activating group) is 1. The molecule has 4 nitrogen and oxygen atoms in total. The van der Waals surface area contributed by atoms with Gasteiger partial charge in [0, 0.05) is 29.9 Å². The third-order valence-electron chi connectivity index (χ3n) is 3.97. The summed E-state index contributed by atoms with van der Waals surface area (Å²) in [6.45, 7) is 2.59. The number of aliphatic imine (C=N–C) groups is 1. The van der Waals surface area contributed by atoms with Crippen molar-refractivity contribution in [1.29, 1.82) is 0 Å². The Hall–Kier alpha value is -2.88. The van der Waals surface area contributed by atoms with Crippen LogP contribution in [0.15, 0.2) is 71.4 Å². The third kappa shape index (κ3) is 3.23. The molecule has 4 heteroatoms. The number of para-hydroxylation sites is 1. The Morgan fingerprint density at radius 3 is 2.62 bits per heavy atom. The van der Waals surface area contributed by atoms with E-state index in [0.717, 1.165) is 28.2 Å². The SMILES string of the molecule is CCOC(=O)/C=C1\CN=C(c2ccccc2)c2ccccc2N1C. The zero-order valence-electron chi connectivity index (χ0n) is 13.9. The Balaban J connectivity index is 2.09. The van der Waals surface area contributed by atoms with Gasteiger partial charge in [-0.05, 0) is 13.0 Å². The van der Waals surface area contributed by atoms with E-state index in [2.05, 4.69) is 18.2 Å². The number of esters is 1. The molecule has 1 heterocycles. The minimum absolute atomic E-state index is 0.338. The standard InChI is InChI=1S/C20H20N2O2/c1-3-24-19(23)13-16-14-21-20(15-9-5-4-6-10-15)17-11-7-8-12-18(17)22(16)2/h4-13H,3,14H2,1-2H3/b16-13+. The van der Waals surface area contributed by atoms with Gasteiger partial charge in [-0.2, -0.15) is 0 Å². The highest BCUT2D eigenvalue weighted by Gasteiger charge is 2.20. The zero-order chi connectivity index (χ0) is 16.9. The predicted molar refractivity (Wildman–Crippen MR) is 96.5 cm³/mol. The molecule has 0 saturated carbocycles. The van der Waals surface area contributed by atoms with Crippen LogP contribution in [-0.4, -0.2) is 31.9 Å². The van der Waals surface area contributed by atoms with Gasteiger partial charge in [-0.3, -0.25) is 4.99 Å². The molecule has 0 atom stereocenters. The van der Waals surface area contributed by atoms with Crippen LogP contribution in [-0.2, 0) is 9.53 Å². The van der Waals surface area contributed by atoms with Gasteiger partial charge in [0.1, 0.15) is 0 Å². The number of benzene rings is 2. The second-order valence-electron chi connectivity index (χ2n) is 5.49. The van der Waals surface area contributed by atoms with E-state index >= 15 is 0 Å². The number of carbonyl (C=O) groups is 1. The van der Waals surface area contributed by atoms with Crippen molar-refractivity contribution < 1.29 is 9.53 Å². The Kier molecular flexibility index (Phi) is 4.75. The van der Waals surface area contributed by atoms with Crippen LogP contribution in [0.5, 0.6) is 0 Å². The molecule has 2 aromatic carbocycles. The molecule has 3 rings (SSSR count). The van der Waals surface area contributed by atoms with Gasteiger partial charge < -0.3 is 9.64 Å². The maximum atomic E-state index is 11.9. The van der Waals surface area contributed by atoms with Gasteiger partial charge in [-0.15, -0.1) is 0 Å². The van der Waals surface area contributed by atoms with Crippen LogP contribution < -0.4 is 4.90 Å². The van der Waals surface area contributed by atoms with Crippen molar-refractivity contribution in [3.05, 3.63) is 77.5 Å². The molecule has 24 heavy (non-hydrogen) atoms. The lowest BCUT2D eigenvalue weighted by Crippen LogP contribution is -2.20. The highest BCUT2D eigenvalue weighted by Crippen LogP contribution is 2.28. The van der Waals surface area contributed by atoms with E-state index < -0.39 is 0 Å². The number of fused-ring (bicyclic) bond motifs is 1. The Labute approximate surface area is 142 Å². The molecule has 122 valence electrons. The van der Waals surface area contributed by atoms with Gasteiger partial charge in [0.15, 0.2) is 0 Å². The van der Waals surface area contributed by atoms with Gasteiger partial charge >= 0.3 is 5.97 Å². The molecule has 0 unspecified atom stereocenters. The second kappa shape index (κ2) is 7.13. The predicted octanol–water partition coefficient (Wildman–Crippen LogP) is 3.42. The molecular weight excluding hydrogens is 300 g/mol. The first-order chi connectivity index (χ1) is 11.7. The van der Waals surface area contributed by atoms with E-state index in [1.807, 2.05) is 48.3 Å². The quantitative estimate of drug-likeness (QED) is 0.643. The molecule has 0 amide bonds. The summed E-state index contributed by atoms with van der Waals surface area (Å²) in [6.07, 6.45) is 1.53. The molecule has 0 aliphatic carbocycles. The average Bonchev–Trinajstić information content (AvgIpc) is 2.74. The summed E-state index contributed by atoms with van der Waals surface area (Å²) in [5, 5.41) is 0. The molecule has 0 radical (unpaired) electrons. The monoisotopic (exact) mass is 320 g/mol. The summed E-state index contributed by atoms with van der Waals surface area (Å²) in [7, 11) is 1.95. The Morgan fingerprint density at radius 2 is 1.88 bits per heavy atom. The van der Waals surface area contributed by atoms with Gasteiger partial charge in [-0.1, -0.05) is 48.5 Å². The fourth-order valence-corrected chi connectivity index (χ4v) is 2.78. The number of benzodiazepines with no additional fused rings is 1. The van der Waals surface area contributed by atoms with E-state index in [1.54, 1.807) is 6.92 Å². The van der Waals surface area contributed by atoms with E-state index in [1.165, 1.54) is 6.08 Å². The van der Waals surface area contributed by atoms with Crippen LogP contribution in [0.25, 0.3) is 0 Å². The first kappa shape index (κ1) is 16.0. The van der Waals surface area contributed by atoms with Crippen molar-refractivity contribution in [1.82, 2.24) is 0 Å². The number of hydrogen-bond acceptors (Lipinski definition) is 4. The lowest BCUT2D eigenvalue weighted by Gasteiger charge is -2.21. The fourth-order valence-electron chi connectivity index (χ4n) is 2.78. The first-order valence-electron chi connectivity index (χ1n) is 8.01. The first-order valence-corrected chi connectivity index (χ1v) is 8.01. The minimum Gasteiger partial charge on any atom is -0.463 e. The zero-order valence-corrected chi connectivity index (χ0v) is 13.9. The fraction of sp³-hybridized carbons (Fsp3) is 0.200. The molecular formula is C20H20N2O2. The second-order valence-corrected chi connectivity index (χ2v) is 5.49. The minimum atomic E-state index is -0.338. The summed E-state index contributed by atoms with van der Waals surface area (Å²) in [5.74, 6) is -0.338. The molecule has 1 aliphatic rings.